The van der Waals surface area contributed by atoms with Crippen LogP contribution < -0.4 is 16.0 Å². The van der Waals surface area contributed by atoms with Crippen molar-refractivity contribution in [2.24, 2.45) is 5.14 Å². The molecule has 1 aromatic heterocycles. The number of nitrogens with one attached hydrogen (secondary N) is 1. The van der Waals surface area contributed by atoms with Crippen LogP contribution >= 0.6 is 56.9 Å². The summed E-state index contributed by atoms with van der Waals surface area (Å²) in [4.78, 5) is 51.5. The molecule has 18 heteroatoms. The van der Waals surface area contributed by atoms with Gasteiger partial charge in [0.1, 0.15) is 5.69 Å². The van der Waals surface area contributed by atoms with Crippen molar-refractivity contribution in [3.63, 3.8) is 0 Å². The van der Waals surface area contributed by atoms with Crippen LogP contribution in [-0.4, -0.2) is 39.5 Å². The molecule has 0 aliphatic carbocycles. The minimum absolute atomic E-state index is 0.0910. The van der Waals surface area contributed by atoms with E-state index in [4.69, 9.17) is 5.14 Å². The number of primary sulfonamides is 1. The first-order valence-corrected chi connectivity index (χ1v) is 15.4. The van der Waals surface area contributed by atoms with Crippen LogP contribution in [0.2, 0.25) is 0 Å². The van der Waals surface area contributed by atoms with E-state index < -0.39 is 42.7 Å². The third-order valence-electron chi connectivity index (χ3n) is 5.28. The Bertz CT molecular complexity index is 1880. The van der Waals surface area contributed by atoms with Crippen LogP contribution in [0.25, 0.3) is 16.6 Å². The monoisotopic (exact) mass is 808 g/mol. The van der Waals surface area contributed by atoms with E-state index in [0.717, 1.165) is 33.5 Å². The molecule has 206 valence electrons. The molecular formula is C22H14I2N6O8S2. The average molecular weight is 808 g/mol. The number of anilines is 1. The fraction of sp³-hybridized carbons (Fsp3) is 0.0455. The van der Waals surface area contributed by atoms with Gasteiger partial charge < -0.3 is 5.32 Å². The first kappa shape index (κ1) is 29.8. The fourth-order valence-corrected chi connectivity index (χ4v) is 6.80. The zero-order valence-electron chi connectivity index (χ0n) is 19.6. The van der Waals surface area contributed by atoms with E-state index in [0.29, 0.717) is 14.5 Å². The summed E-state index contributed by atoms with van der Waals surface area (Å²) in [5.41, 5.74) is -1.24. The van der Waals surface area contributed by atoms with Crippen LogP contribution in [0.3, 0.4) is 0 Å². The molecule has 0 saturated heterocycles. The number of rotatable bonds is 8. The summed E-state index contributed by atoms with van der Waals surface area (Å²) in [5.74, 6) is -1.05. The maximum Gasteiger partial charge on any atom is 0.299 e. The quantitative estimate of drug-likeness (QED) is 0.0865. The van der Waals surface area contributed by atoms with Gasteiger partial charge in [0.2, 0.25) is 15.9 Å². The molecule has 0 unspecified atom stereocenters. The third-order valence-corrected chi connectivity index (χ3v) is 8.59. The molecule has 3 aromatic carbocycles. The lowest BCUT2D eigenvalue weighted by Gasteiger charge is -2.14. The van der Waals surface area contributed by atoms with Crippen molar-refractivity contribution in [1.29, 1.82) is 0 Å². The van der Waals surface area contributed by atoms with Gasteiger partial charge in [-0.2, -0.15) is 0 Å². The number of amides is 1. The second-order valence-corrected chi connectivity index (χ2v) is 12.8. The van der Waals surface area contributed by atoms with Crippen molar-refractivity contribution in [2.45, 2.75) is 10.1 Å². The van der Waals surface area contributed by atoms with Crippen LogP contribution in [-0.2, 0) is 14.8 Å². The van der Waals surface area contributed by atoms with Gasteiger partial charge >= 0.3 is 0 Å². The molecule has 0 aliphatic heterocycles. The van der Waals surface area contributed by atoms with Gasteiger partial charge in [-0.15, -0.1) is 0 Å². The minimum Gasteiger partial charge on any atom is -0.320 e. The van der Waals surface area contributed by atoms with Gasteiger partial charge in [-0.05, 0) is 87.6 Å². The highest BCUT2D eigenvalue weighted by Crippen LogP contribution is 2.30. The highest BCUT2D eigenvalue weighted by atomic mass is 127. The molecule has 0 spiro atoms. The molecular weight excluding hydrogens is 794 g/mol. The second-order valence-electron chi connectivity index (χ2n) is 7.91. The zero-order chi connectivity index (χ0) is 29.4. The number of halogens is 2. The molecule has 0 aliphatic rings. The number of nitro groups is 2. The fourth-order valence-electron chi connectivity index (χ4n) is 3.51. The number of fused-ring (bicyclic) bond motifs is 1. The van der Waals surface area contributed by atoms with Crippen LogP contribution in [0.1, 0.15) is 0 Å². The molecule has 0 radical (unpaired) electrons. The second kappa shape index (κ2) is 11.7. The van der Waals surface area contributed by atoms with E-state index in [9.17, 15) is 38.2 Å². The summed E-state index contributed by atoms with van der Waals surface area (Å²) in [7, 11) is -3.98. The number of non-ortho nitro benzene ring substituents is 1. The molecule has 4 rings (SSSR count). The van der Waals surface area contributed by atoms with E-state index in [-0.39, 0.29) is 27.2 Å². The largest absolute Gasteiger partial charge is 0.320 e. The maximum atomic E-state index is 13.6. The first-order chi connectivity index (χ1) is 18.8. The maximum absolute atomic E-state index is 13.6. The number of nitrogens with two attached hydrogens (primary N) is 1. The third kappa shape index (κ3) is 6.40. The summed E-state index contributed by atoms with van der Waals surface area (Å²) >= 11 is 4.95. The topological polar surface area (TPSA) is 210 Å². The molecule has 0 saturated carbocycles. The molecule has 0 fully saturated rings. The molecule has 14 nitrogen and oxygen atoms in total. The van der Waals surface area contributed by atoms with E-state index in [2.05, 4.69) is 32.9 Å². The smallest absolute Gasteiger partial charge is 0.299 e. The number of carbonyl (C=O) groups excluding carboxylic acids is 1. The van der Waals surface area contributed by atoms with Crippen molar-refractivity contribution < 1.29 is 23.1 Å². The van der Waals surface area contributed by atoms with E-state index in [1.807, 2.05) is 28.7 Å². The summed E-state index contributed by atoms with van der Waals surface area (Å²) in [5, 5.41) is 30.3. The highest BCUT2D eigenvalue weighted by Gasteiger charge is 2.22. The van der Waals surface area contributed by atoms with Crippen LogP contribution in [0, 0.1) is 27.4 Å². The number of sulfonamides is 1. The van der Waals surface area contributed by atoms with Crippen LogP contribution in [0.15, 0.2) is 69.4 Å². The SMILES string of the molecule is NS(=O)(=O)c1ccc(-n2c(SCC(=O)Nc3ccc([N+](=O)[O-])cc3[N+](=O)[O-])nc3c(I)cc(I)cc3c2=O)cc1. The summed E-state index contributed by atoms with van der Waals surface area (Å²) < 4.78 is 26.0. The molecule has 0 bridgehead atoms. The number of nitrogens with zero attached hydrogens (tertiary/aromatic N) is 4. The summed E-state index contributed by atoms with van der Waals surface area (Å²) in [6.07, 6.45) is 0. The predicted molar refractivity (Wildman–Crippen MR) is 163 cm³/mol. The van der Waals surface area contributed by atoms with Gasteiger partial charge in [0.15, 0.2) is 5.16 Å². The Labute approximate surface area is 256 Å². The average Bonchev–Trinajstić information content (AvgIpc) is 2.87. The van der Waals surface area contributed by atoms with Crippen molar-refractivity contribution in [3.05, 3.63) is 92.3 Å². The Kier molecular flexibility index (Phi) is 8.72. The predicted octanol–water partition coefficient (Wildman–Crippen LogP) is 3.79. The molecule has 40 heavy (non-hydrogen) atoms. The molecule has 1 amide bonds. The van der Waals surface area contributed by atoms with Gasteiger partial charge in [0.05, 0.1) is 43.2 Å². The van der Waals surface area contributed by atoms with E-state index in [1.54, 1.807) is 6.07 Å². The van der Waals surface area contributed by atoms with Crippen molar-refractivity contribution in [2.75, 3.05) is 11.1 Å². The number of nitro benzene ring substituents is 2. The molecule has 0 atom stereocenters. The lowest BCUT2D eigenvalue weighted by Crippen LogP contribution is -2.23. The van der Waals surface area contributed by atoms with Crippen LogP contribution in [0.4, 0.5) is 17.1 Å². The Morgan fingerprint density at radius 2 is 1.73 bits per heavy atom. The number of benzene rings is 3. The van der Waals surface area contributed by atoms with Crippen molar-refractivity contribution in [1.82, 2.24) is 9.55 Å². The van der Waals surface area contributed by atoms with Crippen molar-refractivity contribution >= 4 is 101 Å². The zero-order valence-corrected chi connectivity index (χ0v) is 25.6. The Balaban J connectivity index is 1.73. The lowest BCUT2D eigenvalue weighted by molar-refractivity contribution is -0.393. The Hall–Kier alpha value is -3.21. The van der Waals surface area contributed by atoms with Crippen LogP contribution in [0.5, 0.6) is 0 Å². The number of carbonyl (C=O) groups is 1. The Morgan fingerprint density at radius 3 is 2.33 bits per heavy atom. The van der Waals surface area contributed by atoms with E-state index >= 15 is 0 Å². The molecule has 3 N–H and O–H groups in total. The minimum atomic E-state index is -3.98. The van der Waals surface area contributed by atoms with E-state index in [1.165, 1.54) is 28.8 Å². The van der Waals surface area contributed by atoms with Gasteiger partial charge in [-0.25, -0.2) is 18.5 Å². The number of thioether (sulfide) groups is 1. The molecule has 4 aromatic rings. The number of aromatic nitrogens is 2. The standard InChI is InChI=1S/C22H14I2N6O8S2/c23-11-7-15-20(16(24)8-11)27-22(28(21(15)32)12-1-4-14(5-2-12)40(25,37)38)39-10-19(31)26-17-6-3-13(29(33)34)9-18(17)30(35)36/h1-9H,10H2,(H,26,31)(H2,25,37,38). The highest BCUT2D eigenvalue weighted by molar-refractivity contribution is 14.1. The van der Waals surface area contributed by atoms with Crippen molar-refractivity contribution in [3.8, 4) is 5.69 Å². The van der Waals surface area contributed by atoms with Gasteiger partial charge in [0.25, 0.3) is 16.9 Å². The summed E-state index contributed by atoms with van der Waals surface area (Å²) in [6, 6.07) is 11.5. The first-order valence-electron chi connectivity index (χ1n) is 10.7. The molecule has 1 heterocycles. The lowest BCUT2D eigenvalue weighted by atomic mass is 10.2. The van der Waals surface area contributed by atoms with Gasteiger partial charge in [-0.3, -0.25) is 34.4 Å². The number of hydrogen-bond acceptors (Lipinski definition) is 10. The number of hydrogen-bond donors (Lipinski definition) is 2. The Morgan fingerprint density at radius 1 is 1.05 bits per heavy atom. The van der Waals surface area contributed by atoms with Gasteiger partial charge in [0, 0.05) is 13.2 Å². The van der Waals surface area contributed by atoms with Gasteiger partial charge in [-0.1, -0.05) is 11.8 Å². The normalized spacial score (nSPS) is 11.4. The summed E-state index contributed by atoms with van der Waals surface area (Å²) in [6.45, 7) is 0.